The van der Waals surface area contributed by atoms with Gasteiger partial charge in [-0.25, -0.2) is 4.79 Å². The van der Waals surface area contributed by atoms with Crippen LogP contribution >= 0.6 is 0 Å². The summed E-state index contributed by atoms with van der Waals surface area (Å²) in [6.45, 7) is 5.36. The number of hydrogen-bond donors (Lipinski definition) is 2. The van der Waals surface area contributed by atoms with Crippen molar-refractivity contribution in [2.24, 2.45) is 0 Å². The molecule has 1 aliphatic rings. The molecule has 0 unspecified atom stereocenters. The summed E-state index contributed by atoms with van der Waals surface area (Å²) in [5.41, 5.74) is 3.61. The second-order valence-corrected chi connectivity index (χ2v) is 6.33. The number of nitrogens with one attached hydrogen (secondary N) is 2. The molecule has 1 fully saturated rings. The third-order valence-corrected chi connectivity index (χ3v) is 4.36. The average Bonchev–Trinajstić information content (AvgIpc) is 2.56. The lowest BCUT2D eigenvalue weighted by Gasteiger charge is -2.36. The van der Waals surface area contributed by atoms with E-state index in [-0.39, 0.29) is 6.54 Å². The normalized spacial score (nSPS) is 15.7. The van der Waals surface area contributed by atoms with Crippen LogP contribution < -0.4 is 15.5 Å². The lowest BCUT2D eigenvalue weighted by Crippen LogP contribution is -2.51. The van der Waals surface area contributed by atoms with Gasteiger partial charge in [0.05, 0.1) is 6.54 Å². The number of amides is 3. The monoisotopic (exact) mass is 372 g/mol. The molecule has 0 saturated carbocycles. The molecule has 2 rings (SSSR count). The molecule has 3 amide bonds. The first-order chi connectivity index (χ1) is 12.2. The molecule has 0 spiro atoms. The van der Waals surface area contributed by atoms with Crippen LogP contribution in [-0.2, 0) is 4.79 Å². The Labute approximate surface area is 150 Å². The third kappa shape index (κ3) is 5.91. The number of anilines is 1. The van der Waals surface area contributed by atoms with Gasteiger partial charge >= 0.3 is 12.2 Å². The summed E-state index contributed by atoms with van der Waals surface area (Å²) in [7, 11) is 0. The van der Waals surface area contributed by atoms with E-state index in [0.717, 1.165) is 13.1 Å². The summed E-state index contributed by atoms with van der Waals surface area (Å²) in [5.74, 6) is -0.620. The smallest absolute Gasteiger partial charge is 0.369 e. The molecule has 0 radical (unpaired) electrons. The molecule has 144 valence electrons. The largest absolute Gasteiger partial charge is 0.405 e. The zero-order valence-corrected chi connectivity index (χ0v) is 14.8. The molecular weight excluding hydrogens is 349 g/mol. The second-order valence-electron chi connectivity index (χ2n) is 6.33. The van der Waals surface area contributed by atoms with Crippen LogP contribution in [0.3, 0.4) is 0 Å². The van der Waals surface area contributed by atoms with Crippen molar-refractivity contribution in [2.45, 2.75) is 20.0 Å². The molecule has 2 N–H and O–H groups in total. The Morgan fingerprint density at radius 2 is 1.77 bits per heavy atom. The topological polar surface area (TPSA) is 64.7 Å². The molecule has 0 bridgehead atoms. The van der Waals surface area contributed by atoms with Gasteiger partial charge in [0, 0.05) is 31.9 Å². The van der Waals surface area contributed by atoms with Gasteiger partial charge in [-0.3, -0.25) is 15.0 Å². The predicted molar refractivity (Wildman–Crippen MR) is 92.2 cm³/mol. The Morgan fingerprint density at radius 1 is 1.12 bits per heavy atom. The van der Waals surface area contributed by atoms with Crippen LogP contribution in [0.25, 0.3) is 0 Å². The summed E-state index contributed by atoms with van der Waals surface area (Å²) >= 11 is 0. The minimum atomic E-state index is -4.51. The summed E-state index contributed by atoms with van der Waals surface area (Å²) < 4.78 is 36.0. The Morgan fingerprint density at radius 3 is 2.38 bits per heavy atom. The van der Waals surface area contributed by atoms with Crippen molar-refractivity contribution in [2.75, 3.05) is 44.2 Å². The summed E-state index contributed by atoms with van der Waals surface area (Å²) in [6, 6.07) is 5.00. The first kappa shape index (κ1) is 20.0. The van der Waals surface area contributed by atoms with Gasteiger partial charge in [-0.1, -0.05) is 12.1 Å². The van der Waals surface area contributed by atoms with Gasteiger partial charge in [-0.2, -0.15) is 13.2 Å². The first-order valence-electron chi connectivity index (χ1n) is 8.33. The Bertz CT molecular complexity index is 656. The molecule has 1 aliphatic heterocycles. The summed E-state index contributed by atoms with van der Waals surface area (Å²) in [6.07, 6.45) is -4.51. The molecular formula is C17H23F3N4O2. The minimum absolute atomic E-state index is 0.0277. The number of carbonyl (C=O) groups is 2. The number of carbonyl (C=O) groups excluding carboxylic acids is 2. The van der Waals surface area contributed by atoms with E-state index >= 15 is 0 Å². The standard InChI is InChI=1S/C17H23F3N4O2/c1-12-4-3-5-14(13(12)2)24-8-6-23(7-9-24)10-15(25)22-16(26)21-11-17(18,19)20/h3-5H,6-11H2,1-2H3,(H2,21,22,25,26). The SMILES string of the molecule is Cc1cccc(N2CCN(CC(=O)NC(=O)NCC(F)(F)F)CC2)c1C. The lowest BCUT2D eigenvalue weighted by atomic mass is 10.1. The van der Waals surface area contributed by atoms with E-state index in [1.807, 2.05) is 16.3 Å². The number of rotatable bonds is 4. The molecule has 1 aromatic rings. The Kier molecular flexibility index (Phi) is 6.47. The van der Waals surface area contributed by atoms with Gasteiger partial charge < -0.3 is 10.2 Å². The fourth-order valence-corrected chi connectivity index (χ4v) is 2.82. The van der Waals surface area contributed by atoms with Crippen molar-refractivity contribution >= 4 is 17.6 Å². The zero-order valence-electron chi connectivity index (χ0n) is 14.8. The van der Waals surface area contributed by atoms with Crippen molar-refractivity contribution in [1.29, 1.82) is 0 Å². The highest BCUT2D eigenvalue weighted by atomic mass is 19.4. The van der Waals surface area contributed by atoms with Crippen molar-refractivity contribution in [3.05, 3.63) is 29.3 Å². The number of benzene rings is 1. The van der Waals surface area contributed by atoms with Gasteiger partial charge in [0.15, 0.2) is 0 Å². The van der Waals surface area contributed by atoms with Crippen molar-refractivity contribution < 1.29 is 22.8 Å². The number of imide groups is 1. The van der Waals surface area contributed by atoms with Crippen molar-refractivity contribution in [1.82, 2.24) is 15.5 Å². The molecule has 1 aromatic carbocycles. The fraction of sp³-hybridized carbons (Fsp3) is 0.529. The van der Waals surface area contributed by atoms with E-state index in [2.05, 4.69) is 30.9 Å². The maximum absolute atomic E-state index is 12.0. The third-order valence-electron chi connectivity index (χ3n) is 4.36. The van der Waals surface area contributed by atoms with E-state index in [1.165, 1.54) is 16.8 Å². The highest BCUT2D eigenvalue weighted by Gasteiger charge is 2.28. The molecule has 0 aliphatic carbocycles. The van der Waals surface area contributed by atoms with Crippen molar-refractivity contribution in [3.8, 4) is 0 Å². The van der Waals surface area contributed by atoms with Crippen LogP contribution in [0.5, 0.6) is 0 Å². The predicted octanol–water partition coefficient (Wildman–Crippen LogP) is 1.81. The van der Waals surface area contributed by atoms with Crippen LogP contribution in [-0.4, -0.2) is 62.3 Å². The Hall–Kier alpha value is -2.29. The lowest BCUT2D eigenvalue weighted by molar-refractivity contribution is -0.125. The first-order valence-corrected chi connectivity index (χ1v) is 8.33. The van der Waals surface area contributed by atoms with Crippen LogP contribution in [0, 0.1) is 13.8 Å². The highest BCUT2D eigenvalue weighted by Crippen LogP contribution is 2.23. The molecule has 0 aromatic heterocycles. The molecule has 0 atom stereocenters. The fourth-order valence-electron chi connectivity index (χ4n) is 2.82. The van der Waals surface area contributed by atoms with Gasteiger partial charge in [0.2, 0.25) is 5.91 Å². The van der Waals surface area contributed by atoms with Crippen molar-refractivity contribution in [3.63, 3.8) is 0 Å². The average molecular weight is 372 g/mol. The van der Waals surface area contributed by atoms with E-state index in [9.17, 15) is 22.8 Å². The number of urea groups is 1. The minimum Gasteiger partial charge on any atom is -0.369 e. The number of aryl methyl sites for hydroxylation is 1. The molecule has 26 heavy (non-hydrogen) atoms. The summed E-state index contributed by atoms with van der Waals surface area (Å²) in [5, 5.41) is 3.52. The number of halogens is 3. The van der Waals surface area contributed by atoms with E-state index in [0.29, 0.717) is 13.1 Å². The van der Waals surface area contributed by atoms with Crippen LogP contribution in [0.4, 0.5) is 23.7 Å². The second kappa shape index (κ2) is 8.39. The molecule has 9 heteroatoms. The van der Waals surface area contributed by atoms with E-state index in [1.54, 1.807) is 5.32 Å². The number of nitrogens with zero attached hydrogens (tertiary/aromatic N) is 2. The number of hydrogen-bond acceptors (Lipinski definition) is 4. The zero-order chi connectivity index (χ0) is 19.3. The maximum atomic E-state index is 12.0. The number of piperazine rings is 1. The molecule has 1 heterocycles. The number of alkyl halides is 3. The van der Waals surface area contributed by atoms with Gasteiger partial charge in [-0.05, 0) is 31.0 Å². The van der Waals surface area contributed by atoms with Gasteiger partial charge in [-0.15, -0.1) is 0 Å². The van der Waals surface area contributed by atoms with Crippen LogP contribution in [0.1, 0.15) is 11.1 Å². The van der Waals surface area contributed by atoms with Crippen LogP contribution in [0.15, 0.2) is 18.2 Å². The maximum Gasteiger partial charge on any atom is 0.405 e. The van der Waals surface area contributed by atoms with Gasteiger partial charge in [0.1, 0.15) is 6.54 Å². The van der Waals surface area contributed by atoms with E-state index in [4.69, 9.17) is 0 Å². The molecule has 1 saturated heterocycles. The van der Waals surface area contributed by atoms with Crippen LogP contribution in [0.2, 0.25) is 0 Å². The summed E-state index contributed by atoms with van der Waals surface area (Å²) in [4.78, 5) is 27.2. The van der Waals surface area contributed by atoms with E-state index < -0.39 is 24.7 Å². The van der Waals surface area contributed by atoms with Gasteiger partial charge in [0.25, 0.3) is 0 Å². The quantitative estimate of drug-likeness (QED) is 0.846. The Balaban J connectivity index is 1.77. The molecule has 6 nitrogen and oxygen atoms in total. The highest BCUT2D eigenvalue weighted by molar-refractivity contribution is 5.95.